The van der Waals surface area contributed by atoms with Gasteiger partial charge in [-0.05, 0) is 43.7 Å². The fourth-order valence-electron chi connectivity index (χ4n) is 3.03. The fourth-order valence-corrected chi connectivity index (χ4v) is 3.25. The third-order valence-corrected chi connectivity index (χ3v) is 4.85. The van der Waals surface area contributed by atoms with Crippen molar-refractivity contribution in [2.75, 3.05) is 0 Å². The molecule has 1 aromatic heterocycles. The third kappa shape index (κ3) is 2.74. The SMILES string of the molecule is CC1CCC2(CC1)NC(=O)N(/N=C(\[O-])c1ccc[nH]c1=S)C2=O. The highest BCUT2D eigenvalue weighted by atomic mass is 32.1. The molecule has 2 N–H and O–H groups in total. The lowest BCUT2D eigenvalue weighted by atomic mass is 9.77. The lowest BCUT2D eigenvalue weighted by Crippen LogP contribution is -2.49. The van der Waals surface area contributed by atoms with Crippen LogP contribution in [-0.2, 0) is 4.79 Å². The molecule has 8 heteroatoms. The normalized spacial score (nSPS) is 28.3. The number of rotatable bonds is 2. The minimum atomic E-state index is -0.910. The van der Waals surface area contributed by atoms with Crippen LogP contribution < -0.4 is 10.4 Å². The van der Waals surface area contributed by atoms with E-state index in [-0.39, 0.29) is 10.2 Å². The monoisotopic (exact) mass is 333 g/mol. The van der Waals surface area contributed by atoms with Gasteiger partial charge < -0.3 is 15.4 Å². The molecule has 122 valence electrons. The van der Waals surface area contributed by atoms with Crippen LogP contribution in [0.25, 0.3) is 0 Å². The zero-order chi connectivity index (χ0) is 16.6. The quantitative estimate of drug-likeness (QED) is 0.368. The van der Waals surface area contributed by atoms with Crippen molar-refractivity contribution in [3.8, 4) is 0 Å². The molecule has 3 rings (SSSR count). The molecule has 0 atom stereocenters. The van der Waals surface area contributed by atoms with Gasteiger partial charge in [0.2, 0.25) is 0 Å². The first-order chi connectivity index (χ1) is 10.9. The lowest BCUT2D eigenvalue weighted by molar-refractivity contribution is -0.215. The fraction of sp³-hybridized carbons (Fsp3) is 0.467. The van der Waals surface area contributed by atoms with Crippen LogP contribution in [0.4, 0.5) is 4.79 Å². The predicted molar refractivity (Wildman–Crippen MR) is 83.9 cm³/mol. The molecule has 7 nitrogen and oxygen atoms in total. The van der Waals surface area contributed by atoms with E-state index in [9.17, 15) is 14.7 Å². The summed E-state index contributed by atoms with van der Waals surface area (Å²) in [5, 5.41) is 19.3. The van der Waals surface area contributed by atoms with Crippen LogP contribution in [0.1, 0.15) is 38.2 Å². The maximum Gasteiger partial charge on any atom is 0.346 e. The topological polar surface area (TPSA) is 101 Å². The Morgan fingerprint density at radius 1 is 1.43 bits per heavy atom. The molecule has 0 unspecified atom stereocenters. The minimum absolute atomic E-state index is 0.154. The number of urea groups is 1. The zero-order valence-corrected chi connectivity index (χ0v) is 13.5. The number of nitrogens with zero attached hydrogens (tertiary/aromatic N) is 2. The number of hydrazone groups is 1. The molecular weight excluding hydrogens is 316 g/mol. The number of carbonyl (C=O) groups excluding carboxylic acids is 2. The predicted octanol–water partition coefficient (Wildman–Crippen LogP) is 1.27. The van der Waals surface area contributed by atoms with Crippen molar-refractivity contribution in [1.29, 1.82) is 0 Å². The van der Waals surface area contributed by atoms with Crippen molar-refractivity contribution < 1.29 is 14.7 Å². The molecule has 3 amide bonds. The van der Waals surface area contributed by atoms with Crippen LogP contribution in [-0.4, -0.2) is 33.4 Å². The second kappa shape index (κ2) is 5.77. The Bertz CT molecular complexity index is 734. The summed E-state index contributed by atoms with van der Waals surface area (Å²) in [6, 6.07) is 2.46. The van der Waals surface area contributed by atoms with Crippen LogP contribution in [0.3, 0.4) is 0 Å². The summed E-state index contributed by atoms with van der Waals surface area (Å²) in [7, 11) is 0. The largest absolute Gasteiger partial charge is 0.857 e. The molecule has 1 aliphatic heterocycles. The molecule has 1 saturated heterocycles. The molecule has 1 spiro atoms. The smallest absolute Gasteiger partial charge is 0.346 e. The van der Waals surface area contributed by atoms with Crippen LogP contribution >= 0.6 is 12.2 Å². The third-order valence-electron chi connectivity index (χ3n) is 4.51. The Morgan fingerprint density at radius 3 is 2.78 bits per heavy atom. The molecule has 2 fully saturated rings. The molecule has 0 aromatic carbocycles. The Balaban J connectivity index is 1.88. The van der Waals surface area contributed by atoms with Crippen LogP contribution in [0.5, 0.6) is 0 Å². The molecule has 1 aliphatic carbocycles. The number of hydrogen-bond acceptors (Lipinski definition) is 5. The average molecular weight is 333 g/mol. The standard InChI is InChI=1S/C15H18N4O3S/c1-9-4-6-15(7-5-9)13(21)19(14(22)17-15)18-11(20)10-3-2-8-16-12(10)23/h2-3,8-9H,4-7H2,1H3,(H,16,23)(H,17,22)(H,18,20)/p-1. The molecule has 2 aliphatic rings. The summed E-state index contributed by atoms with van der Waals surface area (Å²) in [5.74, 6) is -0.634. The van der Waals surface area contributed by atoms with Gasteiger partial charge in [-0.1, -0.05) is 19.1 Å². The maximum atomic E-state index is 12.6. The van der Waals surface area contributed by atoms with E-state index >= 15 is 0 Å². The van der Waals surface area contributed by atoms with Crippen LogP contribution in [0, 0.1) is 10.6 Å². The van der Waals surface area contributed by atoms with Gasteiger partial charge in [-0.2, -0.15) is 5.10 Å². The minimum Gasteiger partial charge on any atom is -0.857 e. The van der Waals surface area contributed by atoms with Gasteiger partial charge in [-0.15, -0.1) is 5.01 Å². The number of aromatic nitrogens is 1. The van der Waals surface area contributed by atoms with Crippen LogP contribution in [0.15, 0.2) is 23.4 Å². The van der Waals surface area contributed by atoms with E-state index in [1.165, 1.54) is 6.07 Å². The van der Waals surface area contributed by atoms with E-state index in [0.717, 1.165) is 12.8 Å². The number of imide groups is 1. The molecular formula is C15H17N4O3S-. The van der Waals surface area contributed by atoms with Crippen molar-refractivity contribution >= 4 is 30.1 Å². The number of carbonyl (C=O) groups is 2. The Kier molecular flexibility index (Phi) is 3.93. The number of H-pyrrole nitrogens is 1. The first kappa shape index (κ1) is 15.7. The van der Waals surface area contributed by atoms with Gasteiger partial charge in [-0.3, -0.25) is 4.79 Å². The Hall–Kier alpha value is -2.22. The highest BCUT2D eigenvalue weighted by Crippen LogP contribution is 2.36. The van der Waals surface area contributed by atoms with Gasteiger partial charge in [0.15, 0.2) is 0 Å². The average Bonchev–Trinajstić information content (AvgIpc) is 2.75. The molecule has 0 radical (unpaired) electrons. The van der Waals surface area contributed by atoms with E-state index in [4.69, 9.17) is 12.2 Å². The first-order valence-corrected chi connectivity index (χ1v) is 7.94. The molecule has 1 saturated carbocycles. The summed E-state index contributed by atoms with van der Waals surface area (Å²) in [6.07, 6.45) is 4.45. The highest BCUT2D eigenvalue weighted by molar-refractivity contribution is 7.71. The molecule has 0 bridgehead atoms. The van der Waals surface area contributed by atoms with Crippen LogP contribution in [0.2, 0.25) is 0 Å². The number of nitrogens with one attached hydrogen (secondary N) is 2. The van der Waals surface area contributed by atoms with Gasteiger partial charge in [0, 0.05) is 17.7 Å². The van der Waals surface area contributed by atoms with Gasteiger partial charge in [0.1, 0.15) is 10.2 Å². The molecule has 23 heavy (non-hydrogen) atoms. The zero-order valence-electron chi connectivity index (χ0n) is 12.7. The lowest BCUT2D eigenvalue weighted by Gasteiger charge is -2.33. The van der Waals surface area contributed by atoms with E-state index in [2.05, 4.69) is 22.3 Å². The van der Waals surface area contributed by atoms with E-state index in [1.807, 2.05) is 0 Å². The van der Waals surface area contributed by atoms with Crippen molar-refractivity contribution in [3.63, 3.8) is 0 Å². The summed E-state index contributed by atoms with van der Waals surface area (Å²) in [5.41, 5.74) is -0.756. The highest BCUT2D eigenvalue weighted by Gasteiger charge is 2.52. The number of pyridine rings is 1. The van der Waals surface area contributed by atoms with Gasteiger partial charge in [0.05, 0.1) is 0 Å². The van der Waals surface area contributed by atoms with Crippen molar-refractivity contribution in [2.45, 2.75) is 38.1 Å². The van der Waals surface area contributed by atoms with E-state index in [0.29, 0.717) is 23.8 Å². The van der Waals surface area contributed by atoms with Gasteiger partial charge in [-0.25, -0.2) is 4.79 Å². The summed E-state index contributed by atoms with van der Waals surface area (Å²) < 4.78 is 0.217. The number of hydrogen-bond donors (Lipinski definition) is 2. The van der Waals surface area contributed by atoms with Gasteiger partial charge in [0.25, 0.3) is 5.91 Å². The summed E-state index contributed by atoms with van der Waals surface area (Å²) >= 11 is 5.02. The van der Waals surface area contributed by atoms with Crippen molar-refractivity contribution in [1.82, 2.24) is 15.3 Å². The van der Waals surface area contributed by atoms with Crippen molar-refractivity contribution in [3.05, 3.63) is 28.5 Å². The van der Waals surface area contributed by atoms with E-state index < -0.39 is 23.4 Å². The summed E-state index contributed by atoms with van der Waals surface area (Å²) in [4.78, 5) is 27.4. The number of aromatic amines is 1. The van der Waals surface area contributed by atoms with E-state index in [1.54, 1.807) is 12.3 Å². The first-order valence-electron chi connectivity index (χ1n) is 7.53. The Morgan fingerprint density at radius 2 is 2.13 bits per heavy atom. The second-order valence-electron chi connectivity index (χ2n) is 6.13. The molecule has 2 heterocycles. The van der Waals surface area contributed by atoms with Crippen molar-refractivity contribution in [2.24, 2.45) is 11.0 Å². The summed E-state index contributed by atoms with van der Waals surface area (Å²) in [6.45, 7) is 2.12. The maximum absolute atomic E-state index is 12.6. The Labute approximate surface area is 138 Å². The number of amides is 3. The molecule has 1 aromatic rings. The second-order valence-corrected chi connectivity index (χ2v) is 6.54. The van der Waals surface area contributed by atoms with Gasteiger partial charge >= 0.3 is 6.03 Å².